The SMILES string of the molecule is COc1cccc(CNC(=O)C2(C)CCCN(C(=O)c3ccccc3Br)C2)c1. The number of carbonyl (C=O) groups excluding carboxylic acids is 2. The molecule has 6 heteroatoms. The van der Waals surface area contributed by atoms with Gasteiger partial charge in [-0.2, -0.15) is 0 Å². The van der Waals surface area contributed by atoms with Crippen molar-refractivity contribution in [1.82, 2.24) is 10.2 Å². The van der Waals surface area contributed by atoms with Crippen molar-refractivity contribution in [2.45, 2.75) is 26.3 Å². The topological polar surface area (TPSA) is 58.6 Å². The van der Waals surface area contributed by atoms with E-state index in [1.807, 2.05) is 49.4 Å². The highest BCUT2D eigenvalue weighted by molar-refractivity contribution is 9.10. The Morgan fingerprint density at radius 3 is 2.75 bits per heavy atom. The monoisotopic (exact) mass is 444 g/mol. The minimum absolute atomic E-state index is 0.0278. The molecule has 1 atom stereocenters. The van der Waals surface area contributed by atoms with E-state index in [2.05, 4.69) is 21.2 Å². The number of hydrogen-bond donors (Lipinski definition) is 1. The van der Waals surface area contributed by atoms with Crippen LogP contribution in [0.3, 0.4) is 0 Å². The standard InChI is InChI=1S/C22H25BrN2O3/c1-22(21(27)24-14-16-7-5-8-17(13-16)28-2)11-6-12-25(15-22)20(26)18-9-3-4-10-19(18)23/h3-5,7-10,13H,6,11-12,14-15H2,1-2H3,(H,24,27). The van der Waals surface area contributed by atoms with Crippen LogP contribution in [0.25, 0.3) is 0 Å². The van der Waals surface area contributed by atoms with Crippen LogP contribution in [-0.4, -0.2) is 36.9 Å². The lowest BCUT2D eigenvalue weighted by Gasteiger charge is -2.39. The lowest BCUT2D eigenvalue weighted by atomic mass is 9.80. The molecule has 0 saturated carbocycles. The van der Waals surface area contributed by atoms with Crippen LogP contribution in [0.1, 0.15) is 35.7 Å². The molecular formula is C22H25BrN2O3. The Bertz CT molecular complexity index is 870. The van der Waals surface area contributed by atoms with Crippen molar-refractivity contribution in [2.24, 2.45) is 5.41 Å². The van der Waals surface area contributed by atoms with Crippen molar-refractivity contribution in [3.05, 3.63) is 64.1 Å². The number of methoxy groups -OCH3 is 1. The van der Waals surface area contributed by atoms with E-state index in [9.17, 15) is 9.59 Å². The number of ether oxygens (including phenoxy) is 1. The summed E-state index contributed by atoms with van der Waals surface area (Å²) in [7, 11) is 1.62. The van der Waals surface area contributed by atoms with Gasteiger partial charge in [-0.15, -0.1) is 0 Å². The third-order valence-electron chi connectivity index (χ3n) is 5.22. The second-order valence-corrected chi connectivity index (χ2v) is 8.26. The Hall–Kier alpha value is -2.34. The zero-order chi connectivity index (χ0) is 20.1. The van der Waals surface area contributed by atoms with E-state index in [1.54, 1.807) is 18.1 Å². The molecule has 1 N–H and O–H groups in total. The van der Waals surface area contributed by atoms with E-state index in [1.165, 1.54) is 0 Å². The summed E-state index contributed by atoms with van der Waals surface area (Å²) in [5.74, 6) is 0.694. The summed E-state index contributed by atoms with van der Waals surface area (Å²) in [6.45, 7) is 3.45. The highest BCUT2D eigenvalue weighted by Gasteiger charge is 2.39. The number of piperidine rings is 1. The minimum Gasteiger partial charge on any atom is -0.497 e. The van der Waals surface area contributed by atoms with E-state index in [0.29, 0.717) is 25.2 Å². The molecule has 2 aromatic rings. The molecule has 2 amide bonds. The predicted octanol–water partition coefficient (Wildman–Crippen LogP) is 4.02. The van der Waals surface area contributed by atoms with Gasteiger partial charge in [-0.1, -0.05) is 24.3 Å². The van der Waals surface area contributed by atoms with Crippen LogP contribution < -0.4 is 10.1 Å². The average Bonchev–Trinajstić information content (AvgIpc) is 2.72. The number of benzene rings is 2. The van der Waals surface area contributed by atoms with Gasteiger partial charge in [0.25, 0.3) is 5.91 Å². The molecule has 0 aliphatic carbocycles. The van der Waals surface area contributed by atoms with Gasteiger partial charge >= 0.3 is 0 Å². The molecule has 1 aliphatic rings. The van der Waals surface area contributed by atoms with Crippen LogP contribution in [0.4, 0.5) is 0 Å². The Morgan fingerprint density at radius 1 is 1.21 bits per heavy atom. The maximum absolute atomic E-state index is 12.9. The predicted molar refractivity (Wildman–Crippen MR) is 112 cm³/mol. The van der Waals surface area contributed by atoms with Gasteiger partial charge in [0.1, 0.15) is 5.75 Å². The Morgan fingerprint density at radius 2 is 2.00 bits per heavy atom. The number of carbonyl (C=O) groups is 2. The normalized spacial score (nSPS) is 19.2. The van der Waals surface area contributed by atoms with Crippen LogP contribution in [0, 0.1) is 5.41 Å². The number of likely N-dealkylation sites (tertiary alicyclic amines) is 1. The van der Waals surface area contributed by atoms with Gasteiger partial charge in [0.15, 0.2) is 0 Å². The average molecular weight is 445 g/mol. The quantitative estimate of drug-likeness (QED) is 0.757. The fourth-order valence-corrected chi connectivity index (χ4v) is 4.04. The first-order valence-electron chi connectivity index (χ1n) is 9.38. The number of nitrogens with one attached hydrogen (secondary N) is 1. The first kappa shape index (κ1) is 20.4. The van der Waals surface area contributed by atoms with Crippen molar-refractivity contribution in [3.8, 4) is 5.75 Å². The van der Waals surface area contributed by atoms with Crippen molar-refractivity contribution >= 4 is 27.7 Å². The van der Waals surface area contributed by atoms with Gasteiger partial charge in [0.2, 0.25) is 5.91 Å². The van der Waals surface area contributed by atoms with E-state index in [0.717, 1.165) is 28.6 Å². The highest BCUT2D eigenvalue weighted by Crippen LogP contribution is 2.31. The maximum atomic E-state index is 12.9. The summed E-state index contributed by atoms with van der Waals surface area (Å²) < 4.78 is 6.00. The third-order valence-corrected chi connectivity index (χ3v) is 5.91. The van der Waals surface area contributed by atoms with Gasteiger partial charge in [-0.25, -0.2) is 0 Å². The largest absolute Gasteiger partial charge is 0.497 e. The smallest absolute Gasteiger partial charge is 0.255 e. The molecule has 0 radical (unpaired) electrons. The maximum Gasteiger partial charge on any atom is 0.255 e. The molecule has 0 spiro atoms. The van der Waals surface area contributed by atoms with E-state index < -0.39 is 5.41 Å². The number of halogens is 1. The van der Waals surface area contributed by atoms with Crippen LogP contribution in [0.15, 0.2) is 53.0 Å². The molecule has 0 aromatic heterocycles. The molecule has 5 nitrogen and oxygen atoms in total. The molecule has 1 aliphatic heterocycles. The first-order chi connectivity index (χ1) is 13.4. The zero-order valence-corrected chi connectivity index (χ0v) is 17.8. The Labute approximate surface area is 174 Å². The van der Waals surface area contributed by atoms with E-state index in [4.69, 9.17) is 4.74 Å². The van der Waals surface area contributed by atoms with Crippen LogP contribution in [0.2, 0.25) is 0 Å². The molecule has 0 bridgehead atoms. The summed E-state index contributed by atoms with van der Waals surface area (Å²) in [5.41, 5.74) is 1.01. The van der Waals surface area contributed by atoms with Gasteiger partial charge in [-0.05, 0) is 65.5 Å². The van der Waals surface area contributed by atoms with Gasteiger partial charge in [0, 0.05) is 24.1 Å². The van der Waals surface area contributed by atoms with Crippen molar-refractivity contribution in [2.75, 3.05) is 20.2 Å². The Balaban J connectivity index is 1.66. The third kappa shape index (κ3) is 4.55. The number of amides is 2. The molecule has 3 rings (SSSR count). The van der Waals surface area contributed by atoms with Gasteiger partial charge in [0.05, 0.1) is 18.1 Å². The molecule has 148 valence electrons. The molecule has 1 heterocycles. The lowest BCUT2D eigenvalue weighted by molar-refractivity contribution is -0.132. The number of hydrogen-bond acceptors (Lipinski definition) is 3. The van der Waals surface area contributed by atoms with Crippen molar-refractivity contribution in [1.29, 1.82) is 0 Å². The van der Waals surface area contributed by atoms with Crippen LogP contribution >= 0.6 is 15.9 Å². The van der Waals surface area contributed by atoms with Gasteiger partial charge in [-0.3, -0.25) is 9.59 Å². The van der Waals surface area contributed by atoms with E-state index in [-0.39, 0.29) is 11.8 Å². The van der Waals surface area contributed by atoms with Crippen LogP contribution in [-0.2, 0) is 11.3 Å². The Kier molecular flexibility index (Phi) is 6.39. The number of nitrogens with zero attached hydrogens (tertiary/aromatic N) is 1. The second-order valence-electron chi connectivity index (χ2n) is 7.40. The molecule has 1 fully saturated rings. The minimum atomic E-state index is -0.603. The molecule has 1 saturated heterocycles. The second kappa shape index (κ2) is 8.78. The first-order valence-corrected chi connectivity index (χ1v) is 10.2. The van der Waals surface area contributed by atoms with E-state index >= 15 is 0 Å². The summed E-state index contributed by atoms with van der Waals surface area (Å²) in [4.78, 5) is 27.6. The number of rotatable bonds is 5. The fraction of sp³-hybridized carbons (Fsp3) is 0.364. The van der Waals surface area contributed by atoms with Crippen molar-refractivity contribution < 1.29 is 14.3 Å². The summed E-state index contributed by atoms with van der Waals surface area (Å²) in [6, 6.07) is 15.0. The van der Waals surface area contributed by atoms with Gasteiger partial charge < -0.3 is 15.0 Å². The highest BCUT2D eigenvalue weighted by atomic mass is 79.9. The zero-order valence-electron chi connectivity index (χ0n) is 16.2. The summed E-state index contributed by atoms with van der Waals surface area (Å²) >= 11 is 3.45. The lowest BCUT2D eigenvalue weighted by Crippen LogP contribution is -2.51. The molecule has 1 unspecified atom stereocenters. The summed E-state index contributed by atoms with van der Waals surface area (Å²) in [5, 5.41) is 3.03. The fourth-order valence-electron chi connectivity index (χ4n) is 3.58. The molecular weight excluding hydrogens is 420 g/mol. The van der Waals surface area contributed by atoms with Crippen molar-refractivity contribution in [3.63, 3.8) is 0 Å². The van der Waals surface area contributed by atoms with Crippen LogP contribution in [0.5, 0.6) is 5.75 Å². The molecule has 2 aromatic carbocycles. The summed E-state index contributed by atoms with van der Waals surface area (Å²) in [6.07, 6.45) is 1.57. The molecule has 28 heavy (non-hydrogen) atoms.